The van der Waals surface area contributed by atoms with Crippen molar-refractivity contribution in [3.05, 3.63) is 55.0 Å². The summed E-state index contributed by atoms with van der Waals surface area (Å²) in [7, 11) is 0. The van der Waals surface area contributed by atoms with Crippen LogP contribution in [-0.2, 0) is 0 Å². The largest absolute Gasteiger partial charge is 0.391 e. The monoisotopic (exact) mass is 349 g/mol. The first-order chi connectivity index (χ1) is 11.5. The molecule has 0 aliphatic carbocycles. The van der Waals surface area contributed by atoms with E-state index in [-0.39, 0.29) is 5.91 Å². The summed E-state index contributed by atoms with van der Waals surface area (Å²) in [4.78, 5) is 40.4. The van der Waals surface area contributed by atoms with Crippen molar-refractivity contribution in [3.8, 4) is 0 Å². The third-order valence-corrected chi connectivity index (χ3v) is 5.39. The second kappa shape index (κ2) is 6.74. The van der Waals surface area contributed by atoms with E-state index in [1.54, 1.807) is 4.90 Å². The van der Waals surface area contributed by atoms with Crippen LogP contribution in [0, 0.1) is 6.92 Å². The molecular weight excluding hydrogens is 330 g/mol. The maximum Gasteiger partial charge on any atom is 0.328 e. The van der Waals surface area contributed by atoms with Gasteiger partial charge in [-0.15, -0.1) is 11.3 Å². The lowest BCUT2D eigenvalue weighted by atomic mass is 10.1. The predicted molar refractivity (Wildman–Crippen MR) is 90.6 cm³/mol. The SMILES string of the molecule is Cc1ccsc1C(=O)N1CC[C@H](O)[C@@H](n2ccc(=O)[nH]c2=O)CC1. The highest BCUT2D eigenvalue weighted by atomic mass is 32.1. The van der Waals surface area contributed by atoms with Crippen molar-refractivity contribution in [1.29, 1.82) is 0 Å². The van der Waals surface area contributed by atoms with Crippen LogP contribution in [0.25, 0.3) is 0 Å². The van der Waals surface area contributed by atoms with Gasteiger partial charge in [-0.25, -0.2) is 4.79 Å². The van der Waals surface area contributed by atoms with Crippen molar-refractivity contribution < 1.29 is 9.90 Å². The van der Waals surface area contributed by atoms with Gasteiger partial charge in [0.25, 0.3) is 11.5 Å². The summed E-state index contributed by atoms with van der Waals surface area (Å²) in [6, 6.07) is 2.71. The Morgan fingerprint density at radius 3 is 2.71 bits per heavy atom. The van der Waals surface area contributed by atoms with Gasteiger partial charge < -0.3 is 10.0 Å². The summed E-state index contributed by atoms with van der Waals surface area (Å²) in [5, 5.41) is 12.3. The van der Waals surface area contributed by atoms with Gasteiger partial charge in [-0.2, -0.15) is 0 Å². The number of hydrogen-bond acceptors (Lipinski definition) is 5. The lowest BCUT2D eigenvalue weighted by Gasteiger charge is -2.22. The molecule has 1 aliphatic rings. The number of rotatable bonds is 2. The molecule has 2 atom stereocenters. The van der Waals surface area contributed by atoms with Crippen LogP contribution in [0.5, 0.6) is 0 Å². The molecular formula is C16H19N3O4S. The first-order valence-electron chi connectivity index (χ1n) is 7.80. The fraction of sp³-hybridized carbons (Fsp3) is 0.438. The molecule has 1 aliphatic heterocycles. The molecule has 24 heavy (non-hydrogen) atoms. The Morgan fingerprint density at radius 1 is 1.29 bits per heavy atom. The van der Waals surface area contributed by atoms with Crippen LogP contribution in [-0.4, -0.2) is 44.7 Å². The zero-order valence-corrected chi connectivity index (χ0v) is 14.1. The molecule has 1 fully saturated rings. The molecule has 0 radical (unpaired) electrons. The number of nitrogens with one attached hydrogen (secondary N) is 1. The van der Waals surface area contributed by atoms with Gasteiger partial charge >= 0.3 is 5.69 Å². The molecule has 3 rings (SSSR count). The molecule has 1 saturated heterocycles. The molecule has 128 valence electrons. The van der Waals surface area contributed by atoms with Gasteiger partial charge in [0.15, 0.2) is 0 Å². The Hall–Kier alpha value is -2.19. The molecule has 3 heterocycles. The fourth-order valence-electron chi connectivity index (χ4n) is 3.02. The zero-order valence-electron chi connectivity index (χ0n) is 13.3. The van der Waals surface area contributed by atoms with Gasteiger partial charge in [-0.3, -0.25) is 19.1 Å². The summed E-state index contributed by atoms with van der Waals surface area (Å²) in [6.07, 6.45) is 1.47. The molecule has 0 spiro atoms. The predicted octanol–water partition coefficient (Wildman–Crippen LogP) is 0.745. The number of carbonyl (C=O) groups is 1. The molecule has 0 unspecified atom stereocenters. The summed E-state index contributed by atoms with van der Waals surface area (Å²) < 4.78 is 1.34. The highest BCUT2D eigenvalue weighted by Crippen LogP contribution is 2.24. The number of thiophene rings is 1. The minimum absolute atomic E-state index is 0.0378. The van der Waals surface area contributed by atoms with Crippen LogP contribution in [0.1, 0.15) is 34.1 Å². The maximum atomic E-state index is 12.6. The Kier molecular flexibility index (Phi) is 4.68. The van der Waals surface area contributed by atoms with Crippen molar-refractivity contribution in [2.75, 3.05) is 13.1 Å². The topological polar surface area (TPSA) is 95.4 Å². The van der Waals surface area contributed by atoms with Crippen LogP contribution in [0.15, 0.2) is 33.3 Å². The van der Waals surface area contributed by atoms with Gasteiger partial charge in [0.2, 0.25) is 0 Å². The number of aromatic nitrogens is 2. The van der Waals surface area contributed by atoms with E-state index in [1.807, 2.05) is 18.4 Å². The number of aliphatic hydroxyl groups is 1. The minimum Gasteiger partial charge on any atom is -0.391 e. The number of nitrogens with zero attached hydrogens (tertiary/aromatic N) is 2. The van der Waals surface area contributed by atoms with Crippen molar-refractivity contribution >= 4 is 17.2 Å². The third kappa shape index (κ3) is 3.20. The van der Waals surface area contributed by atoms with Crippen molar-refractivity contribution in [3.63, 3.8) is 0 Å². The smallest absolute Gasteiger partial charge is 0.328 e. The summed E-state index contributed by atoms with van der Waals surface area (Å²) in [5.41, 5.74) is -0.0621. The molecule has 0 bridgehead atoms. The molecule has 7 nitrogen and oxygen atoms in total. The molecule has 0 saturated carbocycles. The number of carbonyl (C=O) groups excluding carboxylic acids is 1. The second-order valence-electron chi connectivity index (χ2n) is 5.95. The third-order valence-electron chi connectivity index (χ3n) is 4.39. The van der Waals surface area contributed by atoms with E-state index in [4.69, 9.17) is 0 Å². The first-order valence-corrected chi connectivity index (χ1v) is 8.68. The molecule has 2 aromatic rings. The fourth-order valence-corrected chi connectivity index (χ4v) is 3.92. The average Bonchev–Trinajstić information content (AvgIpc) is 2.87. The van der Waals surface area contributed by atoms with Crippen LogP contribution < -0.4 is 11.2 Å². The van der Waals surface area contributed by atoms with E-state index in [9.17, 15) is 19.5 Å². The number of hydrogen-bond donors (Lipinski definition) is 2. The van der Waals surface area contributed by atoms with Crippen LogP contribution in [0.4, 0.5) is 0 Å². The average molecular weight is 349 g/mol. The van der Waals surface area contributed by atoms with Crippen molar-refractivity contribution in [2.24, 2.45) is 0 Å². The standard InChI is InChI=1S/C16H19N3O4S/c1-10-5-9-24-14(10)15(22)18-6-2-11(12(20)3-7-18)19-8-4-13(21)17-16(19)23/h4-5,8-9,11-12,20H,2-3,6-7H2,1H3,(H,17,21,23)/t11-,12-/m0/s1. The van der Waals surface area contributed by atoms with Gasteiger partial charge in [0.05, 0.1) is 17.0 Å². The Balaban J connectivity index is 1.80. The first kappa shape index (κ1) is 16.7. The van der Waals surface area contributed by atoms with Gasteiger partial charge in [0.1, 0.15) is 0 Å². The number of amides is 1. The van der Waals surface area contributed by atoms with Crippen LogP contribution in [0.2, 0.25) is 0 Å². The number of likely N-dealkylation sites (tertiary alicyclic amines) is 1. The number of H-pyrrole nitrogens is 1. The molecule has 1 amide bonds. The quantitative estimate of drug-likeness (QED) is 0.836. The Labute approximate surface area is 142 Å². The lowest BCUT2D eigenvalue weighted by Crippen LogP contribution is -2.36. The number of aryl methyl sites for hydroxylation is 1. The summed E-state index contributed by atoms with van der Waals surface area (Å²) in [6.45, 7) is 2.79. The zero-order chi connectivity index (χ0) is 17.3. The number of aliphatic hydroxyl groups excluding tert-OH is 1. The molecule has 0 aromatic carbocycles. The van der Waals surface area contributed by atoms with Gasteiger partial charge in [-0.05, 0) is 36.8 Å². The molecule has 2 aromatic heterocycles. The van der Waals surface area contributed by atoms with E-state index in [0.717, 1.165) is 5.56 Å². The van der Waals surface area contributed by atoms with E-state index < -0.39 is 23.4 Å². The van der Waals surface area contributed by atoms with Crippen molar-refractivity contribution in [1.82, 2.24) is 14.5 Å². The minimum atomic E-state index is -0.754. The Morgan fingerprint density at radius 2 is 2.04 bits per heavy atom. The van der Waals surface area contributed by atoms with Gasteiger partial charge in [0, 0.05) is 25.4 Å². The van der Waals surface area contributed by atoms with E-state index in [0.29, 0.717) is 30.8 Å². The van der Waals surface area contributed by atoms with E-state index in [1.165, 1.54) is 28.2 Å². The van der Waals surface area contributed by atoms with E-state index >= 15 is 0 Å². The number of aromatic amines is 1. The van der Waals surface area contributed by atoms with Crippen LogP contribution in [0.3, 0.4) is 0 Å². The van der Waals surface area contributed by atoms with Crippen molar-refractivity contribution in [2.45, 2.75) is 31.9 Å². The Bertz CT molecular complexity index is 853. The summed E-state index contributed by atoms with van der Waals surface area (Å²) >= 11 is 1.41. The lowest BCUT2D eigenvalue weighted by molar-refractivity contribution is 0.0755. The summed E-state index contributed by atoms with van der Waals surface area (Å²) in [5.74, 6) is -0.0378. The van der Waals surface area contributed by atoms with Crippen LogP contribution >= 0.6 is 11.3 Å². The molecule has 8 heteroatoms. The van der Waals surface area contributed by atoms with Gasteiger partial charge in [-0.1, -0.05) is 0 Å². The second-order valence-corrected chi connectivity index (χ2v) is 6.87. The highest BCUT2D eigenvalue weighted by Gasteiger charge is 2.29. The maximum absolute atomic E-state index is 12.6. The highest BCUT2D eigenvalue weighted by molar-refractivity contribution is 7.12. The molecule has 2 N–H and O–H groups in total. The normalized spacial score (nSPS) is 21.5. The van der Waals surface area contributed by atoms with E-state index in [2.05, 4.69) is 4.98 Å².